The van der Waals surface area contributed by atoms with Crippen LogP contribution in [-0.2, 0) is 9.59 Å². The third-order valence-electron chi connectivity index (χ3n) is 2.77. The molecule has 6 heteroatoms. The van der Waals surface area contributed by atoms with Crippen LogP contribution in [0.3, 0.4) is 0 Å². The maximum atomic E-state index is 11.8. The van der Waals surface area contributed by atoms with Gasteiger partial charge in [-0.05, 0) is 14.0 Å². The Bertz CT molecular complexity index is 270. The molecule has 0 saturated carbocycles. The quantitative estimate of drug-likeness (QED) is 0.599. The zero-order valence-electron chi connectivity index (χ0n) is 9.90. The predicted molar refractivity (Wildman–Crippen MR) is 60.7 cm³/mol. The molecule has 1 rings (SSSR count). The van der Waals surface area contributed by atoms with Gasteiger partial charge in [0.05, 0.1) is 13.1 Å². The second-order valence-corrected chi connectivity index (χ2v) is 4.18. The number of piperazine rings is 1. The summed E-state index contributed by atoms with van der Waals surface area (Å²) in [6, 6.07) is 0.195. The number of hydrogen-bond acceptors (Lipinski definition) is 4. The summed E-state index contributed by atoms with van der Waals surface area (Å²) in [6.45, 7) is 4.44. The third-order valence-corrected chi connectivity index (χ3v) is 2.77. The highest BCUT2D eigenvalue weighted by Gasteiger charge is 2.25. The smallest absolute Gasteiger partial charge is 0.242 e. The molecule has 0 aliphatic carbocycles. The lowest BCUT2D eigenvalue weighted by molar-refractivity contribution is -0.136. The van der Waals surface area contributed by atoms with Gasteiger partial charge < -0.3 is 20.9 Å². The van der Waals surface area contributed by atoms with Gasteiger partial charge in [0.1, 0.15) is 0 Å². The number of amides is 2. The van der Waals surface area contributed by atoms with Gasteiger partial charge in [-0.1, -0.05) is 0 Å². The SMILES string of the molecule is CC1CN(C)CCN1C(=O)CNC(=O)CN. The van der Waals surface area contributed by atoms with E-state index >= 15 is 0 Å². The number of carbonyl (C=O) groups excluding carboxylic acids is 2. The van der Waals surface area contributed by atoms with Gasteiger partial charge in [-0.3, -0.25) is 9.59 Å². The van der Waals surface area contributed by atoms with Crippen LogP contribution in [0.1, 0.15) is 6.92 Å². The van der Waals surface area contributed by atoms with Gasteiger partial charge in [-0.25, -0.2) is 0 Å². The van der Waals surface area contributed by atoms with Gasteiger partial charge in [0, 0.05) is 25.7 Å². The molecule has 0 spiro atoms. The molecule has 1 saturated heterocycles. The van der Waals surface area contributed by atoms with Crippen molar-refractivity contribution in [3.63, 3.8) is 0 Å². The molecule has 2 amide bonds. The van der Waals surface area contributed by atoms with Crippen LogP contribution < -0.4 is 11.1 Å². The van der Waals surface area contributed by atoms with Crippen molar-refractivity contribution in [3.8, 4) is 0 Å². The van der Waals surface area contributed by atoms with E-state index in [4.69, 9.17) is 5.73 Å². The topological polar surface area (TPSA) is 78.7 Å². The van der Waals surface area contributed by atoms with E-state index in [0.717, 1.165) is 19.6 Å². The first-order valence-electron chi connectivity index (χ1n) is 5.49. The number of hydrogen-bond donors (Lipinski definition) is 2. The highest BCUT2D eigenvalue weighted by Crippen LogP contribution is 2.07. The first kappa shape index (κ1) is 12.9. The van der Waals surface area contributed by atoms with Crippen LogP contribution in [0.15, 0.2) is 0 Å². The minimum atomic E-state index is -0.296. The summed E-state index contributed by atoms with van der Waals surface area (Å²) in [5.74, 6) is -0.336. The van der Waals surface area contributed by atoms with Crippen LogP contribution in [0.5, 0.6) is 0 Å². The molecule has 0 radical (unpaired) electrons. The standard InChI is InChI=1S/C10H20N4O2/c1-8-7-13(2)3-4-14(8)10(16)6-12-9(15)5-11/h8H,3-7,11H2,1-2H3,(H,12,15). The molecule has 1 heterocycles. The highest BCUT2D eigenvalue weighted by molar-refractivity contribution is 5.85. The molecule has 0 bridgehead atoms. The molecule has 0 aromatic rings. The monoisotopic (exact) mass is 228 g/mol. The molecule has 0 aromatic carbocycles. The summed E-state index contributed by atoms with van der Waals surface area (Å²) in [5, 5.41) is 2.49. The number of nitrogens with one attached hydrogen (secondary N) is 1. The molecule has 1 aliphatic rings. The first-order chi connectivity index (χ1) is 7.54. The molecule has 1 aliphatic heterocycles. The van der Waals surface area contributed by atoms with E-state index in [0.29, 0.717) is 0 Å². The summed E-state index contributed by atoms with van der Waals surface area (Å²) in [7, 11) is 2.04. The molecular weight excluding hydrogens is 208 g/mol. The van der Waals surface area contributed by atoms with Gasteiger partial charge in [0.2, 0.25) is 11.8 Å². The van der Waals surface area contributed by atoms with Crippen LogP contribution in [-0.4, -0.2) is 67.4 Å². The lowest BCUT2D eigenvalue weighted by Gasteiger charge is -2.38. The Morgan fingerprint density at radius 3 is 2.69 bits per heavy atom. The average Bonchev–Trinajstić information content (AvgIpc) is 2.25. The van der Waals surface area contributed by atoms with Crippen molar-refractivity contribution in [2.24, 2.45) is 5.73 Å². The molecule has 1 fully saturated rings. The molecule has 1 atom stereocenters. The first-order valence-corrected chi connectivity index (χ1v) is 5.49. The Morgan fingerprint density at radius 2 is 2.12 bits per heavy atom. The van der Waals surface area contributed by atoms with Gasteiger partial charge in [-0.2, -0.15) is 0 Å². The van der Waals surface area contributed by atoms with E-state index in [9.17, 15) is 9.59 Å². The Morgan fingerprint density at radius 1 is 1.44 bits per heavy atom. The fourth-order valence-corrected chi connectivity index (χ4v) is 1.86. The third kappa shape index (κ3) is 3.46. The van der Waals surface area contributed by atoms with E-state index in [1.807, 2.05) is 14.0 Å². The van der Waals surface area contributed by atoms with Crippen molar-refractivity contribution in [2.75, 3.05) is 39.8 Å². The zero-order chi connectivity index (χ0) is 12.1. The summed E-state index contributed by atoms with van der Waals surface area (Å²) >= 11 is 0. The molecule has 16 heavy (non-hydrogen) atoms. The van der Waals surface area contributed by atoms with Gasteiger partial charge in [-0.15, -0.1) is 0 Å². The van der Waals surface area contributed by atoms with Crippen LogP contribution in [0.2, 0.25) is 0 Å². The number of likely N-dealkylation sites (N-methyl/N-ethyl adjacent to an activating group) is 1. The number of carbonyl (C=O) groups is 2. The van der Waals surface area contributed by atoms with Gasteiger partial charge in [0.15, 0.2) is 0 Å². The summed E-state index contributed by atoms with van der Waals surface area (Å²) in [6.07, 6.45) is 0. The van der Waals surface area contributed by atoms with Crippen molar-refractivity contribution in [1.29, 1.82) is 0 Å². The minimum Gasteiger partial charge on any atom is -0.346 e. The highest BCUT2D eigenvalue weighted by atomic mass is 16.2. The second kappa shape index (κ2) is 5.81. The predicted octanol–water partition coefficient (Wildman–Crippen LogP) is -1.78. The van der Waals surface area contributed by atoms with Crippen LogP contribution in [0.4, 0.5) is 0 Å². The Labute approximate surface area is 95.8 Å². The number of rotatable bonds is 3. The molecule has 92 valence electrons. The zero-order valence-corrected chi connectivity index (χ0v) is 9.90. The molecule has 3 N–H and O–H groups in total. The van der Waals surface area contributed by atoms with Crippen molar-refractivity contribution < 1.29 is 9.59 Å². The van der Waals surface area contributed by atoms with Crippen LogP contribution >= 0.6 is 0 Å². The number of nitrogens with zero attached hydrogens (tertiary/aromatic N) is 2. The summed E-state index contributed by atoms with van der Waals surface area (Å²) in [4.78, 5) is 26.7. The fourth-order valence-electron chi connectivity index (χ4n) is 1.86. The maximum Gasteiger partial charge on any atom is 0.242 e. The lowest BCUT2D eigenvalue weighted by atomic mass is 10.2. The summed E-state index contributed by atoms with van der Waals surface area (Å²) < 4.78 is 0. The number of nitrogens with two attached hydrogens (primary N) is 1. The van der Waals surface area contributed by atoms with E-state index in [1.54, 1.807) is 4.90 Å². The molecule has 0 aromatic heterocycles. The van der Waals surface area contributed by atoms with Crippen LogP contribution in [0.25, 0.3) is 0 Å². The molecular formula is C10H20N4O2. The Kier molecular flexibility index (Phi) is 4.70. The Hall–Kier alpha value is -1.14. The second-order valence-electron chi connectivity index (χ2n) is 4.18. The van der Waals surface area contributed by atoms with Crippen LogP contribution in [0, 0.1) is 0 Å². The average molecular weight is 228 g/mol. The molecule has 1 unspecified atom stereocenters. The van der Waals surface area contributed by atoms with Gasteiger partial charge in [0.25, 0.3) is 0 Å². The maximum absolute atomic E-state index is 11.8. The normalized spacial score (nSPS) is 21.9. The largest absolute Gasteiger partial charge is 0.346 e. The molecule has 6 nitrogen and oxygen atoms in total. The van der Waals surface area contributed by atoms with Crippen molar-refractivity contribution in [3.05, 3.63) is 0 Å². The van der Waals surface area contributed by atoms with Crippen molar-refractivity contribution in [1.82, 2.24) is 15.1 Å². The lowest BCUT2D eigenvalue weighted by Crippen LogP contribution is -2.55. The van der Waals surface area contributed by atoms with E-state index in [2.05, 4.69) is 10.2 Å². The van der Waals surface area contributed by atoms with E-state index < -0.39 is 0 Å². The Balaban J connectivity index is 2.39. The van der Waals surface area contributed by atoms with Crippen molar-refractivity contribution >= 4 is 11.8 Å². The fraction of sp³-hybridized carbons (Fsp3) is 0.800. The summed E-state index contributed by atoms with van der Waals surface area (Å²) in [5.41, 5.74) is 5.14. The minimum absolute atomic E-state index is 0.0394. The van der Waals surface area contributed by atoms with E-state index in [-0.39, 0.29) is 30.9 Å². The van der Waals surface area contributed by atoms with Crippen molar-refractivity contribution in [2.45, 2.75) is 13.0 Å². The van der Waals surface area contributed by atoms with E-state index in [1.165, 1.54) is 0 Å². The van der Waals surface area contributed by atoms with Gasteiger partial charge >= 0.3 is 0 Å².